The van der Waals surface area contributed by atoms with E-state index in [4.69, 9.17) is 5.26 Å². The number of nitrogens with zero attached hydrogens (tertiary/aromatic N) is 5. The van der Waals surface area contributed by atoms with E-state index < -0.39 is 0 Å². The molecule has 2 aromatic carbocycles. The lowest BCUT2D eigenvalue weighted by molar-refractivity contribution is -0.117. The highest BCUT2D eigenvalue weighted by Gasteiger charge is 2.20. The Hall–Kier alpha value is -3.47. The van der Waals surface area contributed by atoms with Gasteiger partial charge >= 0.3 is 0 Å². The van der Waals surface area contributed by atoms with Crippen molar-refractivity contribution in [2.24, 2.45) is 0 Å². The number of hydrogen-bond donors (Lipinski definition) is 1. The Balaban J connectivity index is 1.33. The van der Waals surface area contributed by atoms with E-state index in [0.29, 0.717) is 12.1 Å². The van der Waals surface area contributed by atoms with Gasteiger partial charge in [-0.25, -0.2) is 4.68 Å². The van der Waals surface area contributed by atoms with Crippen LogP contribution in [0.1, 0.15) is 34.5 Å². The number of aromatic nitrogens is 2. The molecule has 7 heteroatoms. The maximum atomic E-state index is 12.9. The number of hydrogen-bond acceptors (Lipinski definition) is 5. The molecule has 7 nitrogen and oxygen atoms in total. The highest BCUT2D eigenvalue weighted by Crippen LogP contribution is 2.23. The van der Waals surface area contributed by atoms with Crippen molar-refractivity contribution in [3.63, 3.8) is 0 Å². The summed E-state index contributed by atoms with van der Waals surface area (Å²) < 4.78 is 1.89. The number of carbonyl (C=O) groups excluding carboxylic acids is 1. The van der Waals surface area contributed by atoms with E-state index in [1.54, 1.807) is 0 Å². The van der Waals surface area contributed by atoms with Crippen LogP contribution in [0.3, 0.4) is 0 Å². The molecule has 0 radical (unpaired) electrons. The second-order valence-corrected chi connectivity index (χ2v) is 9.06. The van der Waals surface area contributed by atoms with Crippen LogP contribution in [0.15, 0.2) is 48.5 Å². The predicted molar refractivity (Wildman–Crippen MR) is 134 cm³/mol. The van der Waals surface area contributed by atoms with E-state index in [0.717, 1.165) is 61.9 Å². The van der Waals surface area contributed by atoms with Crippen molar-refractivity contribution in [2.45, 2.75) is 33.7 Å². The molecule has 0 saturated carbocycles. The first-order valence-electron chi connectivity index (χ1n) is 11.8. The third kappa shape index (κ3) is 5.71. The average Bonchev–Trinajstić information content (AvgIpc) is 2.98. The molecule has 4 rings (SSSR count). The van der Waals surface area contributed by atoms with Crippen LogP contribution in [0.25, 0.3) is 5.69 Å². The van der Waals surface area contributed by atoms with E-state index >= 15 is 0 Å². The standard InChI is InChI=1S/C27H32N6O/c1-20-5-11-25(12-6-20)33-22(3)27(21(2)30-33)29-26(34)19-32-14-4-13-31(15-16-32)18-24-9-7-23(17-28)8-10-24/h5-12H,4,13-16,18-19H2,1-3H3,(H,29,34). The summed E-state index contributed by atoms with van der Waals surface area (Å²) in [7, 11) is 0. The normalized spacial score (nSPS) is 15.0. The number of carbonyl (C=O) groups is 1. The summed E-state index contributed by atoms with van der Waals surface area (Å²) in [4.78, 5) is 17.5. The third-order valence-corrected chi connectivity index (χ3v) is 6.37. The monoisotopic (exact) mass is 456 g/mol. The first-order chi connectivity index (χ1) is 16.4. The summed E-state index contributed by atoms with van der Waals surface area (Å²) in [6.07, 6.45) is 1.02. The SMILES string of the molecule is Cc1ccc(-n2nc(C)c(NC(=O)CN3CCCN(Cc4ccc(C#N)cc4)CC3)c2C)cc1. The Kier molecular flexibility index (Phi) is 7.41. The van der Waals surface area contributed by atoms with Crippen LogP contribution < -0.4 is 5.32 Å². The number of amides is 1. The number of benzene rings is 2. The number of rotatable bonds is 6. The van der Waals surface area contributed by atoms with Crippen molar-refractivity contribution in [2.75, 3.05) is 38.0 Å². The Labute approximate surface area is 201 Å². The number of anilines is 1. The molecule has 0 aliphatic carbocycles. The van der Waals surface area contributed by atoms with Crippen LogP contribution in [-0.4, -0.2) is 58.2 Å². The molecule has 1 aliphatic heterocycles. The summed E-state index contributed by atoms with van der Waals surface area (Å²) in [6.45, 7) is 10.9. The maximum absolute atomic E-state index is 12.9. The van der Waals surface area contributed by atoms with Gasteiger partial charge in [0.1, 0.15) is 0 Å². The van der Waals surface area contributed by atoms with Crippen LogP contribution in [0.5, 0.6) is 0 Å². The van der Waals surface area contributed by atoms with Crippen molar-refractivity contribution < 1.29 is 4.79 Å². The van der Waals surface area contributed by atoms with Gasteiger partial charge in [-0.2, -0.15) is 10.4 Å². The molecule has 1 aliphatic rings. The first kappa shape index (κ1) is 23.7. The lowest BCUT2D eigenvalue weighted by atomic mass is 10.1. The minimum atomic E-state index is -0.00445. The molecule has 0 atom stereocenters. The predicted octanol–water partition coefficient (Wildman–Crippen LogP) is 3.82. The Bertz CT molecular complexity index is 1170. The fourth-order valence-corrected chi connectivity index (χ4v) is 4.43. The van der Waals surface area contributed by atoms with E-state index in [-0.39, 0.29) is 5.91 Å². The van der Waals surface area contributed by atoms with Gasteiger partial charge in [0.2, 0.25) is 5.91 Å². The van der Waals surface area contributed by atoms with Crippen molar-refractivity contribution in [1.82, 2.24) is 19.6 Å². The molecule has 0 unspecified atom stereocenters. The smallest absolute Gasteiger partial charge is 0.238 e. The molecular weight excluding hydrogens is 424 g/mol. The van der Waals surface area contributed by atoms with Crippen molar-refractivity contribution in [3.8, 4) is 11.8 Å². The number of nitrogens with one attached hydrogen (secondary N) is 1. The van der Waals surface area contributed by atoms with E-state index in [9.17, 15) is 4.79 Å². The summed E-state index contributed by atoms with van der Waals surface area (Å²) in [6, 6.07) is 18.2. The van der Waals surface area contributed by atoms with Gasteiger partial charge in [0.25, 0.3) is 0 Å². The zero-order chi connectivity index (χ0) is 24.1. The van der Waals surface area contributed by atoms with Crippen molar-refractivity contribution in [1.29, 1.82) is 5.26 Å². The van der Waals surface area contributed by atoms with Crippen LogP contribution in [-0.2, 0) is 11.3 Å². The Morgan fingerprint density at radius 3 is 2.35 bits per heavy atom. The minimum Gasteiger partial charge on any atom is -0.322 e. The van der Waals surface area contributed by atoms with E-state index in [1.165, 1.54) is 11.1 Å². The fourth-order valence-electron chi connectivity index (χ4n) is 4.43. The maximum Gasteiger partial charge on any atom is 0.238 e. The van der Waals surface area contributed by atoms with Crippen LogP contribution in [0.2, 0.25) is 0 Å². The van der Waals surface area contributed by atoms with Crippen molar-refractivity contribution >= 4 is 11.6 Å². The summed E-state index contributed by atoms with van der Waals surface area (Å²) in [5.74, 6) is -0.00445. The topological polar surface area (TPSA) is 77.2 Å². The minimum absolute atomic E-state index is 0.00445. The molecule has 3 aromatic rings. The highest BCUT2D eigenvalue weighted by molar-refractivity contribution is 5.93. The highest BCUT2D eigenvalue weighted by atomic mass is 16.2. The second-order valence-electron chi connectivity index (χ2n) is 9.06. The van der Waals surface area contributed by atoms with Gasteiger partial charge < -0.3 is 5.32 Å². The molecule has 1 N–H and O–H groups in total. The molecule has 0 spiro atoms. The lowest BCUT2D eigenvalue weighted by Crippen LogP contribution is -2.36. The number of aryl methyl sites for hydroxylation is 2. The second kappa shape index (κ2) is 10.6. The fraction of sp³-hybridized carbons (Fsp3) is 0.370. The van der Waals surface area contributed by atoms with Crippen LogP contribution >= 0.6 is 0 Å². The molecule has 0 bridgehead atoms. The summed E-state index contributed by atoms with van der Waals surface area (Å²) >= 11 is 0. The lowest BCUT2D eigenvalue weighted by Gasteiger charge is -2.21. The van der Waals surface area contributed by atoms with Gasteiger partial charge in [0.05, 0.1) is 40.9 Å². The van der Waals surface area contributed by atoms with Gasteiger partial charge in [-0.3, -0.25) is 14.6 Å². The van der Waals surface area contributed by atoms with Gasteiger partial charge in [-0.05, 0) is 70.1 Å². The van der Waals surface area contributed by atoms with Gasteiger partial charge in [-0.1, -0.05) is 29.8 Å². The van der Waals surface area contributed by atoms with Crippen LogP contribution in [0, 0.1) is 32.1 Å². The van der Waals surface area contributed by atoms with Crippen molar-refractivity contribution in [3.05, 3.63) is 76.6 Å². The zero-order valence-corrected chi connectivity index (χ0v) is 20.2. The molecule has 2 heterocycles. The molecule has 1 aromatic heterocycles. The quantitative estimate of drug-likeness (QED) is 0.610. The molecular formula is C27H32N6O. The summed E-state index contributed by atoms with van der Waals surface area (Å²) in [5.41, 5.74) is 6.62. The first-order valence-corrected chi connectivity index (χ1v) is 11.8. The Morgan fingerprint density at radius 1 is 0.971 bits per heavy atom. The Morgan fingerprint density at radius 2 is 1.65 bits per heavy atom. The van der Waals surface area contributed by atoms with Gasteiger partial charge in [0.15, 0.2) is 0 Å². The largest absolute Gasteiger partial charge is 0.322 e. The van der Waals surface area contributed by atoms with Crippen LogP contribution in [0.4, 0.5) is 5.69 Å². The average molecular weight is 457 g/mol. The molecule has 34 heavy (non-hydrogen) atoms. The van der Waals surface area contributed by atoms with Gasteiger partial charge in [0, 0.05) is 19.6 Å². The molecule has 1 amide bonds. The van der Waals surface area contributed by atoms with E-state index in [2.05, 4.69) is 45.3 Å². The molecule has 1 saturated heterocycles. The molecule has 1 fully saturated rings. The zero-order valence-electron chi connectivity index (χ0n) is 20.2. The van der Waals surface area contributed by atoms with Gasteiger partial charge in [-0.15, -0.1) is 0 Å². The molecule has 176 valence electrons. The number of nitriles is 1. The summed E-state index contributed by atoms with van der Waals surface area (Å²) in [5, 5.41) is 16.7. The van der Waals surface area contributed by atoms with E-state index in [1.807, 2.05) is 54.9 Å². The third-order valence-electron chi connectivity index (χ3n) is 6.37.